The maximum atomic E-state index is 17.1. The molecule has 0 radical (unpaired) electrons. The monoisotopic (exact) mass is 706 g/mol. The number of nitrogen functional groups attached to an aromatic ring is 1. The van der Waals surface area contributed by atoms with E-state index in [-0.39, 0.29) is 65.9 Å². The highest BCUT2D eigenvalue weighted by atomic mass is 32.1. The molecular formula is C37H42F4N8S. The molecule has 2 fully saturated rings. The molecule has 3 aromatic heterocycles. The van der Waals surface area contributed by atoms with Crippen LogP contribution >= 0.6 is 11.3 Å². The fourth-order valence-electron chi connectivity index (χ4n) is 7.80. The predicted octanol–water partition coefficient (Wildman–Crippen LogP) is 8.27. The van der Waals surface area contributed by atoms with Crippen LogP contribution < -0.4 is 16.4 Å². The number of nitriles is 1. The Hall–Kier alpha value is -4.12. The number of aryl methyl sites for hydroxylation is 1. The predicted molar refractivity (Wildman–Crippen MR) is 193 cm³/mol. The van der Waals surface area contributed by atoms with E-state index in [2.05, 4.69) is 27.1 Å². The molecule has 1 aromatic carbocycles. The minimum absolute atomic E-state index is 0.0153. The molecule has 13 heteroatoms. The number of nitrogens with zero attached hydrogens (tertiary/aromatic N) is 5. The van der Waals surface area contributed by atoms with E-state index in [1.54, 1.807) is 0 Å². The maximum absolute atomic E-state index is 17.1. The van der Waals surface area contributed by atoms with E-state index in [0.29, 0.717) is 63.3 Å². The number of benzene rings is 1. The SMILES string of the molecule is C=C1C[C@@H](C)CNCCNc2nc(CCC34CCCN3C/C(=C(\C)F)C4)nc3c(F)c(-c4ncc(F)c5sc(N)c(C#N)c45)c(F)c1c23.CC. The molecular weight excluding hydrogens is 665 g/mol. The lowest BCUT2D eigenvalue weighted by molar-refractivity contribution is 0.182. The first kappa shape index (κ1) is 35.7. The Bertz CT molecular complexity index is 2060. The maximum Gasteiger partial charge on any atom is 0.162 e. The number of anilines is 2. The standard InChI is InChI=1S/C35H36F4N8S.C2H6/c1-17-11-18(2)24-26-31(29(39)27(28(24)38)30-25-21(13-40)33(41)48-32(25)22(37)15-44-30)45-23(46-34(26)43-9-8-42-14-17)5-7-35-6-4-10-47(35)16-20(12-35)19(3)36;1-2/h15,17,42H,2,4-12,14,16,41H2,1,3H3,(H,43,45,46);1-2H3/b20-19+;/t17-,35?;/m1./s1. The molecule has 3 aliphatic rings. The van der Waals surface area contributed by atoms with E-state index in [1.165, 1.54) is 6.92 Å². The second-order valence-electron chi connectivity index (χ2n) is 13.3. The first-order valence-electron chi connectivity index (χ1n) is 17.2. The van der Waals surface area contributed by atoms with Crippen molar-refractivity contribution >= 4 is 48.7 Å². The smallest absolute Gasteiger partial charge is 0.162 e. The van der Waals surface area contributed by atoms with Gasteiger partial charge in [-0.05, 0) is 69.2 Å². The van der Waals surface area contributed by atoms with Crippen LogP contribution in [0.5, 0.6) is 0 Å². The topological polar surface area (TPSA) is 116 Å². The fraction of sp³-hybridized carbons (Fsp3) is 0.459. The lowest BCUT2D eigenvalue weighted by Crippen LogP contribution is -2.38. The molecule has 4 aromatic rings. The highest BCUT2D eigenvalue weighted by Gasteiger charge is 2.46. The molecule has 0 amide bonds. The largest absolute Gasteiger partial charge is 0.389 e. The van der Waals surface area contributed by atoms with E-state index < -0.39 is 23.0 Å². The van der Waals surface area contributed by atoms with E-state index in [1.807, 2.05) is 26.8 Å². The molecule has 7 rings (SSSR count). The second-order valence-corrected chi connectivity index (χ2v) is 14.4. The first-order chi connectivity index (χ1) is 24.0. The summed E-state index contributed by atoms with van der Waals surface area (Å²) in [7, 11) is 0. The van der Waals surface area contributed by atoms with Crippen LogP contribution in [0.2, 0.25) is 0 Å². The Balaban J connectivity index is 0.00000212. The summed E-state index contributed by atoms with van der Waals surface area (Å²) in [5, 5.41) is 16.7. The van der Waals surface area contributed by atoms with E-state index in [0.717, 1.165) is 42.5 Å². The van der Waals surface area contributed by atoms with Gasteiger partial charge in [0.2, 0.25) is 0 Å². The van der Waals surface area contributed by atoms with Crippen molar-refractivity contribution < 1.29 is 17.6 Å². The Labute approximate surface area is 293 Å². The van der Waals surface area contributed by atoms with Gasteiger partial charge in [0, 0.05) is 42.5 Å². The van der Waals surface area contributed by atoms with Gasteiger partial charge in [-0.2, -0.15) is 5.26 Å². The number of nitrogens with one attached hydrogen (secondary N) is 2. The average Bonchev–Trinajstić information content (AvgIpc) is 3.76. The number of rotatable bonds is 4. The minimum atomic E-state index is -0.999. The van der Waals surface area contributed by atoms with Gasteiger partial charge >= 0.3 is 0 Å². The second kappa shape index (κ2) is 14.2. The number of nitrogens with two attached hydrogens (primary N) is 1. The van der Waals surface area contributed by atoms with E-state index in [4.69, 9.17) is 15.7 Å². The Morgan fingerprint density at radius 3 is 2.70 bits per heavy atom. The molecule has 264 valence electrons. The van der Waals surface area contributed by atoms with Crippen LogP contribution in [0.3, 0.4) is 0 Å². The molecule has 2 saturated heterocycles. The van der Waals surface area contributed by atoms with Crippen molar-refractivity contribution in [1.82, 2.24) is 25.2 Å². The lowest BCUT2D eigenvalue weighted by Gasteiger charge is -2.31. The third-order valence-corrected chi connectivity index (χ3v) is 11.1. The molecule has 0 saturated carbocycles. The zero-order valence-electron chi connectivity index (χ0n) is 28.9. The number of pyridine rings is 1. The Morgan fingerprint density at radius 2 is 1.96 bits per heavy atom. The first-order valence-corrected chi connectivity index (χ1v) is 18.0. The zero-order chi connectivity index (χ0) is 35.9. The van der Waals surface area contributed by atoms with Gasteiger partial charge in [-0.1, -0.05) is 27.4 Å². The molecule has 0 aliphatic carbocycles. The summed E-state index contributed by atoms with van der Waals surface area (Å²) in [6.45, 7) is 14.9. The molecule has 2 atom stereocenters. The van der Waals surface area contributed by atoms with Crippen LogP contribution in [0, 0.1) is 34.7 Å². The van der Waals surface area contributed by atoms with Crippen molar-refractivity contribution in [2.75, 3.05) is 43.8 Å². The van der Waals surface area contributed by atoms with Crippen LogP contribution in [-0.2, 0) is 6.42 Å². The van der Waals surface area contributed by atoms with Crippen LogP contribution in [-0.4, -0.2) is 58.1 Å². The van der Waals surface area contributed by atoms with Gasteiger partial charge in [-0.15, -0.1) is 11.3 Å². The molecule has 3 aliphatic heterocycles. The van der Waals surface area contributed by atoms with E-state index in [9.17, 15) is 14.0 Å². The normalized spacial score (nSPS) is 22.1. The molecule has 4 N–H and O–H groups in total. The van der Waals surface area contributed by atoms with Crippen molar-refractivity contribution in [2.45, 2.75) is 71.8 Å². The molecule has 8 nitrogen and oxygen atoms in total. The molecule has 6 heterocycles. The summed E-state index contributed by atoms with van der Waals surface area (Å²) in [5.74, 6) is -2.11. The summed E-state index contributed by atoms with van der Waals surface area (Å²) < 4.78 is 63.4. The van der Waals surface area contributed by atoms with Crippen molar-refractivity contribution in [3.63, 3.8) is 0 Å². The summed E-state index contributed by atoms with van der Waals surface area (Å²) in [6, 6.07) is 1.96. The van der Waals surface area contributed by atoms with Gasteiger partial charge in [0.25, 0.3) is 0 Å². The van der Waals surface area contributed by atoms with E-state index >= 15 is 8.78 Å². The number of fused-ring (bicyclic) bond motifs is 2. The third kappa shape index (κ3) is 6.11. The fourth-order valence-corrected chi connectivity index (χ4v) is 8.72. The summed E-state index contributed by atoms with van der Waals surface area (Å²) in [6.07, 6.45) is 4.86. The highest BCUT2D eigenvalue weighted by Crippen LogP contribution is 2.47. The number of hydrogen-bond donors (Lipinski definition) is 3. The number of halogens is 4. The van der Waals surface area contributed by atoms with Gasteiger partial charge in [0.05, 0.1) is 38.9 Å². The number of hydrogen-bond acceptors (Lipinski definition) is 9. The van der Waals surface area contributed by atoms with Crippen LogP contribution in [0.1, 0.15) is 76.8 Å². The van der Waals surface area contributed by atoms with Crippen molar-refractivity contribution in [2.24, 2.45) is 5.92 Å². The van der Waals surface area contributed by atoms with Gasteiger partial charge in [-0.25, -0.2) is 27.5 Å². The number of aromatic nitrogens is 3. The number of allylic oxidation sites excluding steroid dienone is 2. The molecule has 1 unspecified atom stereocenters. The van der Waals surface area contributed by atoms with Crippen molar-refractivity contribution in [3.8, 4) is 17.3 Å². The van der Waals surface area contributed by atoms with Crippen LogP contribution in [0.25, 0.3) is 37.8 Å². The third-order valence-electron chi connectivity index (χ3n) is 10.1. The van der Waals surface area contributed by atoms with Gasteiger partial charge in [-0.3, -0.25) is 9.88 Å². The Kier molecular flexibility index (Phi) is 10.2. The quantitative estimate of drug-likeness (QED) is 0.182. The Morgan fingerprint density at radius 1 is 1.18 bits per heavy atom. The average molecular weight is 707 g/mol. The minimum Gasteiger partial charge on any atom is -0.389 e. The molecule has 50 heavy (non-hydrogen) atoms. The van der Waals surface area contributed by atoms with Crippen molar-refractivity contribution in [3.05, 3.63) is 58.6 Å². The summed E-state index contributed by atoms with van der Waals surface area (Å²) in [4.78, 5) is 16.1. The molecule has 0 spiro atoms. The highest BCUT2D eigenvalue weighted by molar-refractivity contribution is 7.23. The molecule has 0 bridgehead atoms. The van der Waals surface area contributed by atoms with Crippen LogP contribution in [0.4, 0.5) is 28.4 Å². The lowest BCUT2D eigenvalue weighted by atomic mass is 9.87. The van der Waals surface area contributed by atoms with Crippen LogP contribution in [0.15, 0.2) is 24.2 Å². The van der Waals surface area contributed by atoms with Gasteiger partial charge in [0.1, 0.15) is 34.0 Å². The van der Waals surface area contributed by atoms with Gasteiger partial charge < -0.3 is 16.4 Å². The zero-order valence-corrected chi connectivity index (χ0v) is 29.7. The number of thiophene rings is 1. The summed E-state index contributed by atoms with van der Waals surface area (Å²) >= 11 is 0.826. The summed E-state index contributed by atoms with van der Waals surface area (Å²) in [5.41, 5.74) is 6.13. The van der Waals surface area contributed by atoms with Gasteiger partial charge in [0.15, 0.2) is 11.6 Å². The van der Waals surface area contributed by atoms with Crippen molar-refractivity contribution in [1.29, 1.82) is 5.26 Å².